The standard InChI is InChI=1S/C18H23N5O.ClH/c1-18(2,3)15-21-16(19)22-17(20)23(15)24-11-13-9-6-8-12-7-4-5-10-14(12)13;/h4-10,15H,11H2,1-3H3,(H4,19,20,21,22);1H. The first-order valence-electron chi connectivity index (χ1n) is 7.92. The summed E-state index contributed by atoms with van der Waals surface area (Å²) in [5, 5.41) is 3.88. The zero-order valence-electron chi connectivity index (χ0n) is 14.6. The summed E-state index contributed by atoms with van der Waals surface area (Å²) in [5.41, 5.74) is 12.7. The summed E-state index contributed by atoms with van der Waals surface area (Å²) in [6.07, 6.45) is -0.329. The molecule has 0 amide bonds. The van der Waals surface area contributed by atoms with Crippen LogP contribution in [0.4, 0.5) is 0 Å². The van der Waals surface area contributed by atoms with Crippen LogP contribution in [0, 0.1) is 5.41 Å². The van der Waals surface area contributed by atoms with Crippen molar-refractivity contribution in [2.24, 2.45) is 26.9 Å². The van der Waals surface area contributed by atoms with Gasteiger partial charge in [-0.3, -0.25) is 4.84 Å². The third kappa shape index (κ3) is 4.03. The van der Waals surface area contributed by atoms with E-state index in [4.69, 9.17) is 16.3 Å². The molecule has 0 aromatic heterocycles. The molecule has 1 unspecified atom stereocenters. The van der Waals surface area contributed by atoms with Crippen LogP contribution in [0.25, 0.3) is 10.8 Å². The number of hydrogen-bond donors (Lipinski definition) is 2. The summed E-state index contributed by atoms with van der Waals surface area (Å²) in [6.45, 7) is 6.55. The summed E-state index contributed by atoms with van der Waals surface area (Å²) in [5.74, 6) is 0.403. The Hall–Kier alpha value is -2.31. The van der Waals surface area contributed by atoms with Gasteiger partial charge in [-0.2, -0.15) is 10.1 Å². The maximum atomic E-state index is 6.02. The van der Waals surface area contributed by atoms with Gasteiger partial charge in [0.2, 0.25) is 11.9 Å². The average molecular weight is 362 g/mol. The molecule has 7 heteroatoms. The van der Waals surface area contributed by atoms with Crippen molar-refractivity contribution < 1.29 is 4.84 Å². The van der Waals surface area contributed by atoms with Crippen molar-refractivity contribution in [1.82, 2.24) is 5.06 Å². The van der Waals surface area contributed by atoms with E-state index in [9.17, 15) is 0 Å². The number of rotatable bonds is 3. The number of nitrogens with zero attached hydrogens (tertiary/aromatic N) is 3. The Balaban J connectivity index is 0.00000225. The van der Waals surface area contributed by atoms with Gasteiger partial charge in [0.25, 0.3) is 0 Å². The molecule has 1 aliphatic heterocycles. The maximum absolute atomic E-state index is 6.02. The monoisotopic (exact) mass is 361 g/mol. The number of fused-ring (bicyclic) bond motifs is 1. The van der Waals surface area contributed by atoms with Gasteiger partial charge in [0, 0.05) is 5.41 Å². The summed E-state index contributed by atoms with van der Waals surface area (Å²) in [6, 6.07) is 14.4. The van der Waals surface area contributed by atoms with E-state index in [2.05, 4.69) is 49.0 Å². The van der Waals surface area contributed by atoms with Gasteiger partial charge < -0.3 is 11.5 Å². The molecule has 0 fully saturated rings. The first-order chi connectivity index (χ1) is 11.4. The van der Waals surface area contributed by atoms with Gasteiger partial charge in [0.1, 0.15) is 6.61 Å². The molecule has 3 rings (SSSR count). The molecule has 4 N–H and O–H groups in total. The van der Waals surface area contributed by atoms with E-state index in [0.29, 0.717) is 6.61 Å². The number of nitrogens with two attached hydrogens (primary N) is 2. The van der Waals surface area contributed by atoms with Crippen LogP contribution in [0.5, 0.6) is 0 Å². The summed E-state index contributed by atoms with van der Waals surface area (Å²) >= 11 is 0. The SMILES string of the molecule is CC(C)(C)C1N=C(N)N=C(N)N1OCc1cccc2ccccc12.Cl. The predicted molar refractivity (Wildman–Crippen MR) is 104 cm³/mol. The highest BCUT2D eigenvalue weighted by Gasteiger charge is 2.35. The van der Waals surface area contributed by atoms with Crippen LogP contribution in [0.1, 0.15) is 26.3 Å². The lowest BCUT2D eigenvalue weighted by atomic mass is 9.92. The molecule has 25 heavy (non-hydrogen) atoms. The fourth-order valence-corrected chi connectivity index (χ4v) is 2.74. The number of hydrogen-bond acceptors (Lipinski definition) is 6. The lowest BCUT2D eigenvalue weighted by Crippen LogP contribution is -2.52. The molecule has 1 heterocycles. The summed E-state index contributed by atoms with van der Waals surface area (Å²) in [4.78, 5) is 14.4. The van der Waals surface area contributed by atoms with Crippen molar-refractivity contribution in [1.29, 1.82) is 0 Å². The zero-order valence-corrected chi connectivity index (χ0v) is 15.5. The molecule has 1 atom stereocenters. The molecule has 0 aliphatic carbocycles. The van der Waals surface area contributed by atoms with Gasteiger partial charge in [-0.15, -0.1) is 12.4 Å². The Morgan fingerprint density at radius 3 is 2.48 bits per heavy atom. The zero-order chi connectivity index (χ0) is 17.3. The van der Waals surface area contributed by atoms with Crippen molar-refractivity contribution in [3.05, 3.63) is 48.0 Å². The number of halogens is 1. The lowest BCUT2D eigenvalue weighted by Gasteiger charge is -2.38. The minimum absolute atomic E-state index is 0. The largest absolute Gasteiger partial charge is 0.368 e. The first kappa shape index (κ1) is 19.0. The molecule has 2 aromatic carbocycles. The molecule has 0 saturated heterocycles. The second-order valence-electron chi connectivity index (χ2n) is 6.93. The normalized spacial score (nSPS) is 17.7. The van der Waals surface area contributed by atoms with E-state index in [1.54, 1.807) is 5.06 Å². The van der Waals surface area contributed by atoms with E-state index in [0.717, 1.165) is 10.9 Å². The lowest BCUT2D eigenvalue weighted by molar-refractivity contribution is -0.159. The number of guanidine groups is 2. The number of aliphatic imine (C=N–C) groups is 2. The van der Waals surface area contributed by atoms with Crippen LogP contribution in [-0.2, 0) is 11.4 Å². The van der Waals surface area contributed by atoms with Gasteiger partial charge in [-0.05, 0) is 16.3 Å². The fourth-order valence-electron chi connectivity index (χ4n) is 2.74. The highest BCUT2D eigenvalue weighted by Crippen LogP contribution is 2.28. The summed E-state index contributed by atoms with van der Waals surface area (Å²) in [7, 11) is 0. The maximum Gasteiger partial charge on any atom is 0.225 e. The van der Waals surface area contributed by atoms with Crippen LogP contribution in [0.15, 0.2) is 52.4 Å². The predicted octanol–water partition coefficient (Wildman–Crippen LogP) is 3.01. The van der Waals surface area contributed by atoms with Crippen LogP contribution >= 0.6 is 12.4 Å². The van der Waals surface area contributed by atoms with Crippen molar-refractivity contribution in [2.75, 3.05) is 0 Å². The van der Waals surface area contributed by atoms with Gasteiger partial charge >= 0.3 is 0 Å². The highest BCUT2D eigenvalue weighted by atomic mass is 35.5. The smallest absolute Gasteiger partial charge is 0.225 e. The van der Waals surface area contributed by atoms with Gasteiger partial charge in [0.15, 0.2) is 6.17 Å². The number of benzene rings is 2. The molecular formula is C18H24ClN5O. The fraction of sp³-hybridized carbons (Fsp3) is 0.333. The molecule has 134 valence electrons. The number of hydroxylamine groups is 2. The van der Waals surface area contributed by atoms with Crippen molar-refractivity contribution in [2.45, 2.75) is 33.5 Å². The van der Waals surface area contributed by atoms with E-state index in [-0.39, 0.29) is 35.9 Å². The van der Waals surface area contributed by atoms with Crippen LogP contribution < -0.4 is 11.5 Å². The minimum Gasteiger partial charge on any atom is -0.368 e. The summed E-state index contributed by atoms with van der Waals surface area (Å²) < 4.78 is 0. The minimum atomic E-state index is -0.329. The van der Waals surface area contributed by atoms with Gasteiger partial charge in [-0.1, -0.05) is 63.2 Å². The third-order valence-corrected chi connectivity index (χ3v) is 3.95. The van der Waals surface area contributed by atoms with Gasteiger partial charge in [-0.25, -0.2) is 4.99 Å². The Bertz CT molecular complexity index is 807. The molecule has 2 aromatic rings. The van der Waals surface area contributed by atoms with Crippen molar-refractivity contribution >= 4 is 35.1 Å². The molecule has 1 aliphatic rings. The molecular weight excluding hydrogens is 338 g/mol. The van der Waals surface area contributed by atoms with Gasteiger partial charge in [0.05, 0.1) is 0 Å². The highest BCUT2D eigenvalue weighted by molar-refractivity contribution is 5.94. The average Bonchev–Trinajstić information content (AvgIpc) is 2.52. The van der Waals surface area contributed by atoms with E-state index in [1.165, 1.54) is 5.39 Å². The Labute approximate surface area is 153 Å². The molecule has 0 spiro atoms. The van der Waals surface area contributed by atoms with E-state index >= 15 is 0 Å². The van der Waals surface area contributed by atoms with Crippen LogP contribution in [0.2, 0.25) is 0 Å². The second kappa shape index (κ2) is 7.29. The third-order valence-electron chi connectivity index (χ3n) is 3.95. The topological polar surface area (TPSA) is 89.2 Å². The quantitative estimate of drug-likeness (QED) is 0.879. The van der Waals surface area contributed by atoms with Crippen LogP contribution in [0.3, 0.4) is 0 Å². The molecule has 0 bridgehead atoms. The molecule has 0 saturated carbocycles. The van der Waals surface area contributed by atoms with Crippen molar-refractivity contribution in [3.63, 3.8) is 0 Å². The first-order valence-corrected chi connectivity index (χ1v) is 7.92. The van der Waals surface area contributed by atoms with Crippen molar-refractivity contribution in [3.8, 4) is 0 Å². The second-order valence-corrected chi connectivity index (χ2v) is 6.93. The molecule has 6 nitrogen and oxygen atoms in total. The molecule has 0 radical (unpaired) electrons. The Kier molecular flexibility index (Phi) is 5.55. The van der Waals surface area contributed by atoms with E-state index in [1.807, 2.05) is 24.3 Å². The Morgan fingerprint density at radius 1 is 1.08 bits per heavy atom. The van der Waals surface area contributed by atoms with Crippen LogP contribution in [-0.4, -0.2) is 23.1 Å². The van der Waals surface area contributed by atoms with E-state index < -0.39 is 0 Å². The Morgan fingerprint density at radius 2 is 1.76 bits per heavy atom.